The number of nitrogens with zero attached hydrogens (tertiary/aromatic N) is 1. The van der Waals surface area contributed by atoms with Crippen molar-refractivity contribution in [3.05, 3.63) is 35.9 Å². The molecule has 1 heterocycles. The van der Waals surface area contributed by atoms with Crippen molar-refractivity contribution >= 4 is 11.8 Å². The van der Waals surface area contributed by atoms with Gasteiger partial charge in [0, 0.05) is 24.2 Å². The van der Waals surface area contributed by atoms with Crippen molar-refractivity contribution < 1.29 is 14.5 Å². The molecule has 0 aromatic heterocycles. The van der Waals surface area contributed by atoms with E-state index in [1.165, 1.54) is 6.42 Å². The Morgan fingerprint density at radius 1 is 1.12 bits per heavy atom. The highest BCUT2D eigenvalue weighted by Crippen LogP contribution is 2.16. The number of amides is 2. The van der Waals surface area contributed by atoms with E-state index in [1.54, 1.807) is 0 Å². The van der Waals surface area contributed by atoms with Crippen LogP contribution in [0.15, 0.2) is 30.3 Å². The molecule has 1 saturated heterocycles. The van der Waals surface area contributed by atoms with Crippen LogP contribution in [0.5, 0.6) is 0 Å². The molecule has 2 rings (SSSR count). The van der Waals surface area contributed by atoms with E-state index in [0.29, 0.717) is 0 Å². The number of hydrogen-bond donors (Lipinski definition) is 2. The Hall–Kier alpha value is -1.88. The second-order valence-electron chi connectivity index (χ2n) is 8.05. The van der Waals surface area contributed by atoms with Crippen LogP contribution in [-0.2, 0) is 9.59 Å². The van der Waals surface area contributed by atoms with Gasteiger partial charge in [-0.25, -0.2) is 0 Å². The minimum absolute atomic E-state index is 0.0302. The molecule has 1 aliphatic heterocycles. The first-order valence-electron chi connectivity index (χ1n) is 9.25. The highest BCUT2D eigenvalue weighted by atomic mass is 16.2. The molecule has 0 bridgehead atoms. The van der Waals surface area contributed by atoms with Gasteiger partial charge in [0.1, 0.15) is 0 Å². The van der Waals surface area contributed by atoms with Gasteiger partial charge < -0.3 is 15.1 Å². The maximum atomic E-state index is 13.2. The first-order chi connectivity index (χ1) is 11.8. The summed E-state index contributed by atoms with van der Waals surface area (Å²) in [5.74, 6) is 0.101. The molecule has 1 unspecified atom stereocenters. The van der Waals surface area contributed by atoms with Crippen molar-refractivity contribution in [2.45, 2.75) is 51.6 Å². The smallest absolute Gasteiger partial charge is 0.285 e. The molecular formula is C20H32N3O2+. The monoisotopic (exact) mass is 346 g/mol. The van der Waals surface area contributed by atoms with E-state index in [9.17, 15) is 9.59 Å². The van der Waals surface area contributed by atoms with Gasteiger partial charge in [-0.2, -0.15) is 0 Å². The van der Waals surface area contributed by atoms with Gasteiger partial charge >= 0.3 is 0 Å². The minimum atomic E-state index is -0.343. The molecule has 1 fully saturated rings. The Kier molecular flexibility index (Phi) is 6.59. The van der Waals surface area contributed by atoms with Crippen LogP contribution >= 0.6 is 0 Å². The van der Waals surface area contributed by atoms with Crippen LogP contribution in [0.25, 0.3) is 0 Å². The number of carbonyl (C=O) groups excluding carboxylic acids is 2. The van der Waals surface area contributed by atoms with E-state index in [2.05, 4.69) is 5.32 Å². The summed E-state index contributed by atoms with van der Waals surface area (Å²) >= 11 is 0. The second-order valence-corrected chi connectivity index (χ2v) is 8.05. The quantitative estimate of drug-likeness (QED) is 0.841. The van der Waals surface area contributed by atoms with Crippen molar-refractivity contribution in [3.63, 3.8) is 0 Å². The summed E-state index contributed by atoms with van der Waals surface area (Å²) < 4.78 is 0. The molecule has 138 valence electrons. The number of rotatable bonds is 5. The summed E-state index contributed by atoms with van der Waals surface area (Å²) in [6.45, 7) is 7.82. The van der Waals surface area contributed by atoms with E-state index in [1.807, 2.05) is 63.1 Å². The fraction of sp³-hybridized carbons (Fsp3) is 0.600. The van der Waals surface area contributed by atoms with Gasteiger partial charge in [0.25, 0.3) is 11.8 Å². The summed E-state index contributed by atoms with van der Waals surface area (Å²) in [5, 5.41) is 2.99. The van der Waals surface area contributed by atoms with Gasteiger partial charge in [-0.1, -0.05) is 30.3 Å². The molecule has 0 aliphatic carbocycles. The molecule has 2 N–H and O–H groups in total. The molecule has 1 aromatic carbocycles. The van der Waals surface area contributed by atoms with Crippen molar-refractivity contribution in [1.82, 2.24) is 10.2 Å². The maximum Gasteiger partial charge on any atom is 0.285 e. The van der Waals surface area contributed by atoms with Crippen LogP contribution in [0.2, 0.25) is 0 Å². The van der Waals surface area contributed by atoms with Crippen molar-refractivity contribution in [1.29, 1.82) is 0 Å². The molecule has 0 saturated carbocycles. The van der Waals surface area contributed by atoms with Crippen LogP contribution in [0.4, 0.5) is 0 Å². The third-order valence-electron chi connectivity index (χ3n) is 4.49. The lowest BCUT2D eigenvalue weighted by Crippen LogP contribution is -3.11. The lowest BCUT2D eigenvalue weighted by atomic mass is 10.0. The van der Waals surface area contributed by atoms with Crippen LogP contribution in [0.1, 0.15) is 51.6 Å². The van der Waals surface area contributed by atoms with Gasteiger partial charge in [-0.15, -0.1) is 0 Å². The predicted molar refractivity (Wildman–Crippen MR) is 99.3 cm³/mol. The van der Waals surface area contributed by atoms with Crippen LogP contribution in [0.3, 0.4) is 0 Å². The highest BCUT2D eigenvalue weighted by molar-refractivity contribution is 5.83. The first-order valence-corrected chi connectivity index (χ1v) is 9.25. The second kappa shape index (κ2) is 8.48. The molecule has 1 aliphatic rings. The molecule has 5 heteroatoms. The van der Waals surface area contributed by atoms with Crippen LogP contribution in [0, 0.1) is 0 Å². The third-order valence-corrected chi connectivity index (χ3v) is 4.49. The molecule has 0 radical (unpaired) electrons. The van der Waals surface area contributed by atoms with Gasteiger partial charge in [0.15, 0.2) is 12.6 Å². The zero-order chi connectivity index (χ0) is 18.4. The minimum Gasteiger partial charge on any atom is -0.347 e. The largest absolute Gasteiger partial charge is 0.347 e. The van der Waals surface area contributed by atoms with E-state index < -0.39 is 0 Å². The normalized spacial score (nSPS) is 17.7. The van der Waals surface area contributed by atoms with E-state index in [-0.39, 0.29) is 29.9 Å². The topological polar surface area (TPSA) is 53.9 Å². The van der Waals surface area contributed by atoms with Gasteiger partial charge in [0.2, 0.25) is 0 Å². The van der Waals surface area contributed by atoms with Gasteiger partial charge in [-0.05, 0) is 40.0 Å². The van der Waals surface area contributed by atoms with Crippen LogP contribution in [-0.4, -0.2) is 48.9 Å². The zero-order valence-electron chi connectivity index (χ0n) is 16.0. The number of carbonyl (C=O) groups is 2. The molecule has 0 spiro atoms. The summed E-state index contributed by atoms with van der Waals surface area (Å²) in [6, 6.07) is 9.48. The van der Waals surface area contributed by atoms with Crippen molar-refractivity contribution in [3.8, 4) is 0 Å². The molecular weight excluding hydrogens is 314 g/mol. The third kappa shape index (κ3) is 5.85. The average molecular weight is 346 g/mol. The molecule has 2 atom stereocenters. The Morgan fingerprint density at radius 3 is 2.28 bits per heavy atom. The number of benzene rings is 1. The standard InChI is InChI=1S/C20H31N3O2/c1-20(2,3)21-17(24)15-22(4)18(16-11-7-5-8-12-16)19(25)23-13-9-6-10-14-23/h5,7-8,11-12,18H,6,9-10,13-15H2,1-4H3,(H,21,24)/p+1/t18-/m0/s1. The Labute approximate surface area is 151 Å². The predicted octanol–water partition coefficient (Wildman–Crippen LogP) is 1.17. The number of nitrogens with one attached hydrogen (secondary N) is 2. The summed E-state index contributed by atoms with van der Waals surface area (Å²) in [6.07, 6.45) is 3.32. The Bertz CT molecular complexity index is 574. The zero-order valence-corrected chi connectivity index (χ0v) is 16.0. The van der Waals surface area contributed by atoms with E-state index in [0.717, 1.165) is 36.4 Å². The fourth-order valence-electron chi connectivity index (χ4n) is 3.40. The van der Waals surface area contributed by atoms with E-state index >= 15 is 0 Å². The highest BCUT2D eigenvalue weighted by Gasteiger charge is 2.34. The molecule has 1 aromatic rings. The lowest BCUT2D eigenvalue weighted by molar-refractivity contribution is -0.894. The van der Waals surface area contributed by atoms with Crippen molar-refractivity contribution in [2.24, 2.45) is 0 Å². The molecule has 5 nitrogen and oxygen atoms in total. The summed E-state index contributed by atoms with van der Waals surface area (Å²) in [4.78, 5) is 28.4. The number of quaternary nitrogens is 1. The Morgan fingerprint density at radius 2 is 1.72 bits per heavy atom. The average Bonchev–Trinajstić information content (AvgIpc) is 2.55. The number of piperidine rings is 1. The van der Waals surface area contributed by atoms with Crippen LogP contribution < -0.4 is 10.2 Å². The van der Waals surface area contributed by atoms with Crippen molar-refractivity contribution in [2.75, 3.05) is 26.7 Å². The first kappa shape index (κ1) is 19.4. The number of likely N-dealkylation sites (tertiary alicyclic amines) is 1. The molecule has 25 heavy (non-hydrogen) atoms. The van der Waals surface area contributed by atoms with Gasteiger partial charge in [0.05, 0.1) is 7.05 Å². The summed E-state index contributed by atoms with van der Waals surface area (Å²) in [7, 11) is 1.93. The lowest BCUT2D eigenvalue weighted by Gasteiger charge is -2.33. The van der Waals surface area contributed by atoms with Gasteiger partial charge in [-0.3, -0.25) is 9.59 Å². The Balaban J connectivity index is 2.16. The number of likely N-dealkylation sites (N-methyl/N-ethyl adjacent to an activating group) is 1. The van der Waals surface area contributed by atoms with E-state index in [4.69, 9.17) is 0 Å². The number of hydrogen-bond acceptors (Lipinski definition) is 2. The SMILES string of the molecule is C[NH+](CC(=O)NC(C)(C)C)[C@H](C(=O)N1CCCCC1)c1ccccc1. The fourth-order valence-corrected chi connectivity index (χ4v) is 3.40. The maximum absolute atomic E-state index is 13.2. The summed E-state index contributed by atoms with van der Waals surface area (Å²) in [5.41, 5.74) is 0.704. The molecule has 2 amide bonds.